The molecule has 1 N–H and O–H groups in total. The fourth-order valence-electron chi connectivity index (χ4n) is 2.83. The van der Waals surface area contributed by atoms with Crippen LogP contribution < -0.4 is 5.32 Å². The highest BCUT2D eigenvalue weighted by Crippen LogP contribution is 2.30. The Balaban J connectivity index is 2.41. The second kappa shape index (κ2) is 5.98. The molecule has 1 aromatic carbocycles. The normalized spacial score (nSPS) is 17.9. The number of carbonyl (C=O) groups is 2. The van der Waals surface area contributed by atoms with Crippen LogP contribution in [0, 0.1) is 11.8 Å². The van der Waals surface area contributed by atoms with Crippen molar-refractivity contribution in [1.82, 2.24) is 10.2 Å². The van der Waals surface area contributed by atoms with E-state index in [0.717, 1.165) is 11.1 Å². The van der Waals surface area contributed by atoms with Crippen LogP contribution in [0.1, 0.15) is 48.3 Å². The number of fused-ring (bicyclic) bond motifs is 1. The maximum atomic E-state index is 12.3. The minimum atomic E-state index is -0.199. The number of imide groups is 1. The van der Waals surface area contributed by atoms with Crippen molar-refractivity contribution in [3.05, 3.63) is 34.9 Å². The van der Waals surface area contributed by atoms with Crippen LogP contribution in [0.25, 0.3) is 0 Å². The third-order valence-corrected chi connectivity index (χ3v) is 4.63. The molecular weight excluding hydrogens is 264 g/mol. The van der Waals surface area contributed by atoms with Gasteiger partial charge in [-0.1, -0.05) is 32.9 Å². The fourth-order valence-corrected chi connectivity index (χ4v) is 2.83. The SMILES string of the molecule is CNC(c1ccc2c(c1)C(=O)N(C)C(=O)C2)C(C)C(C)C. The fraction of sp³-hybridized carbons (Fsp3) is 0.529. The number of hydrogen-bond acceptors (Lipinski definition) is 3. The molecule has 1 aliphatic rings. The molecule has 2 rings (SSSR count). The first kappa shape index (κ1) is 15.7. The van der Waals surface area contributed by atoms with Crippen molar-refractivity contribution in [3.63, 3.8) is 0 Å². The molecule has 0 saturated carbocycles. The van der Waals surface area contributed by atoms with Gasteiger partial charge in [-0.3, -0.25) is 14.5 Å². The summed E-state index contributed by atoms with van der Waals surface area (Å²) in [5.41, 5.74) is 2.60. The van der Waals surface area contributed by atoms with Crippen LogP contribution in [0.5, 0.6) is 0 Å². The van der Waals surface area contributed by atoms with E-state index < -0.39 is 0 Å². The summed E-state index contributed by atoms with van der Waals surface area (Å²) in [4.78, 5) is 25.2. The number of benzene rings is 1. The monoisotopic (exact) mass is 288 g/mol. The molecule has 0 bridgehead atoms. The Labute approximate surface area is 126 Å². The summed E-state index contributed by atoms with van der Waals surface area (Å²) >= 11 is 0. The lowest BCUT2D eigenvalue weighted by Gasteiger charge is -2.29. The number of hydrogen-bond donors (Lipinski definition) is 1. The van der Waals surface area contributed by atoms with Gasteiger partial charge in [-0.25, -0.2) is 0 Å². The molecule has 2 unspecified atom stereocenters. The van der Waals surface area contributed by atoms with Gasteiger partial charge in [-0.2, -0.15) is 0 Å². The zero-order valence-electron chi connectivity index (χ0n) is 13.4. The summed E-state index contributed by atoms with van der Waals surface area (Å²) in [5, 5.41) is 3.35. The van der Waals surface area contributed by atoms with E-state index in [2.05, 4.69) is 26.1 Å². The van der Waals surface area contributed by atoms with Crippen LogP contribution in [-0.4, -0.2) is 30.8 Å². The Morgan fingerprint density at radius 2 is 1.86 bits per heavy atom. The number of nitrogens with one attached hydrogen (secondary N) is 1. The van der Waals surface area contributed by atoms with Gasteiger partial charge in [0.15, 0.2) is 0 Å². The largest absolute Gasteiger partial charge is 0.313 e. The van der Waals surface area contributed by atoms with E-state index in [1.807, 2.05) is 25.2 Å². The van der Waals surface area contributed by atoms with E-state index in [4.69, 9.17) is 0 Å². The van der Waals surface area contributed by atoms with E-state index in [9.17, 15) is 9.59 Å². The van der Waals surface area contributed by atoms with Crippen LogP contribution in [-0.2, 0) is 11.2 Å². The van der Waals surface area contributed by atoms with Crippen molar-refractivity contribution in [3.8, 4) is 0 Å². The van der Waals surface area contributed by atoms with Crippen molar-refractivity contribution in [2.75, 3.05) is 14.1 Å². The van der Waals surface area contributed by atoms with E-state index >= 15 is 0 Å². The minimum absolute atomic E-state index is 0.138. The van der Waals surface area contributed by atoms with Crippen LogP contribution in [0.3, 0.4) is 0 Å². The number of rotatable bonds is 4. The molecular formula is C17H24N2O2. The molecule has 114 valence electrons. The first-order valence-electron chi connectivity index (χ1n) is 7.47. The quantitative estimate of drug-likeness (QED) is 0.866. The topological polar surface area (TPSA) is 49.4 Å². The first-order chi connectivity index (χ1) is 9.86. The van der Waals surface area contributed by atoms with Gasteiger partial charge < -0.3 is 5.32 Å². The number of amides is 2. The molecule has 4 heteroatoms. The van der Waals surface area contributed by atoms with Gasteiger partial charge in [-0.05, 0) is 36.1 Å². The predicted molar refractivity (Wildman–Crippen MR) is 83.0 cm³/mol. The van der Waals surface area contributed by atoms with Gasteiger partial charge >= 0.3 is 0 Å². The van der Waals surface area contributed by atoms with Gasteiger partial charge in [0.1, 0.15) is 0 Å². The average molecular weight is 288 g/mol. The lowest BCUT2D eigenvalue weighted by Crippen LogP contribution is -2.39. The zero-order chi connectivity index (χ0) is 15.7. The van der Waals surface area contributed by atoms with Crippen LogP contribution in [0.15, 0.2) is 18.2 Å². The number of nitrogens with zero attached hydrogens (tertiary/aromatic N) is 1. The summed E-state index contributed by atoms with van der Waals surface area (Å²) in [5.74, 6) is 0.653. The Morgan fingerprint density at radius 1 is 1.19 bits per heavy atom. The third kappa shape index (κ3) is 2.86. The molecule has 21 heavy (non-hydrogen) atoms. The van der Waals surface area contributed by atoms with Crippen molar-refractivity contribution < 1.29 is 9.59 Å². The van der Waals surface area contributed by atoms with E-state index in [0.29, 0.717) is 23.8 Å². The molecule has 0 aromatic heterocycles. The van der Waals surface area contributed by atoms with Crippen LogP contribution in [0.4, 0.5) is 0 Å². The molecule has 2 atom stereocenters. The first-order valence-corrected chi connectivity index (χ1v) is 7.47. The summed E-state index contributed by atoms with van der Waals surface area (Å²) in [7, 11) is 3.49. The molecule has 1 aliphatic heterocycles. The molecule has 2 amide bonds. The highest BCUT2D eigenvalue weighted by atomic mass is 16.2. The van der Waals surface area contributed by atoms with Crippen LogP contribution >= 0.6 is 0 Å². The van der Waals surface area contributed by atoms with Gasteiger partial charge in [0.05, 0.1) is 6.42 Å². The van der Waals surface area contributed by atoms with Crippen molar-refractivity contribution >= 4 is 11.8 Å². The maximum absolute atomic E-state index is 12.3. The molecule has 1 aromatic rings. The van der Waals surface area contributed by atoms with E-state index in [-0.39, 0.29) is 17.9 Å². The molecule has 0 fully saturated rings. The standard InChI is InChI=1S/C17H24N2O2/c1-10(2)11(3)16(18-4)13-7-6-12-9-15(20)19(5)17(21)14(12)8-13/h6-8,10-11,16,18H,9H2,1-5H3. The highest BCUT2D eigenvalue weighted by molar-refractivity contribution is 6.09. The second-order valence-electron chi connectivity index (χ2n) is 6.22. The van der Waals surface area contributed by atoms with Crippen molar-refractivity contribution in [1.29, 1.82) is 0 Å². The van der Waals surface area contributed by atoms with E-state index in [1.165, 1.54) is 4.90 Å². The number of likely N-dealkylation sites (N-methyl/N-ethyl adjacent to an activating group) is 1. The molecule has 0 aliphatic carbocycles. The van der Waals surface area contributed by atoms with Gasteiger partial charge in [0.2, 0.25) is 5.91 Å². The smallest absolute Gasteiger partial charge is 0.260 e. The lowest BCUT2D eigenvalue weighted by molar-refractivity contribution is -0.127. The van der Waals surface area contributed by atoms with Gasteiger partial charge in [-0.15, -0.1) is 0 Å². The summed E-state index contributed by atoms with van der Waals surface area (Å²) in [6.07, 6.45) is 0.307. The summed E-state index contributed by atoms with van der Waals surface area (Å²) < 4.78 is 0. The van der Waals surface area contributed by atoms with E-state index in [1.54, 1.807) is 7.05 Å². The average Bonchev–Trinajstić information content (AvgIpc) is 2.46. The third-order valence-electron chi connectivity index (χ3n) is 4.63. The Bertz CT molecular complexity index is 566. The molecule has 0 spiro atoms. The second-order valence-corrected chi connectivity index (χ2v) is 6.22. The van der Waals surface area contributed by atoms with Gasteiger partial charge in [0.25, 0.3) is 5.91 Å². The Morgan fingerprint density at radius 3 is 2.43 bits per heavy atom. The predicted octanol–water partition coefficient (Wildman–Crippen LogP) is 2.39. The van der Waals surface area contributed by atoms with Crippen molar-refractivity contribution in [2.45, 2.75) is 33.2 Å². The minimum Gasteiger partial charge on any atom is -0.313 e. The Hall–Kier alpha value is -1.68. The lowest BCUT2D eigenvalue weighted by atomic mass is 9.84. The molecule has 0 radical (unpaired) electrons. The molecule has 1 heterocycles. The maximum Gasteiger partial charge on any atom is 0.260 e. The van der Waals surface area contributed by atoms with Crippen LogP contribution in [0.2, 0.25) is 0 Å². The molecule has 0 saturated heterocycles. The van der Waals surface area contributed by atoms with Crippen molar-refractivity contribution in [2.24, 2.45) is 11.8 Å². The summed E-state index contributed by atoms with van der Waals surface area (Å²) in [6, 6.07) is 6.10. The molecule has 4 nitrogen and oxygen atoms in total. The zero-order valence-corrected chi connectivity index (χ0v) is 13.4. The number of carbonyl (C=O) groups excluding carboxylic acids is 2. The highest BCUT2D eigenvalue weighted by Gasteiger charge is 2.29. The summed E-state index contributed by atoms with van der Waals surface area (Å²) in [6.45, 7) is 6.61. The van der Waals surface area contributed by atoms with Gasteiger partial charge in [0, 0.05) is 18.7 Å². The Kier molecular flexibility index (Phi) is 4.47.